The van der Waals surface area contributed by atoms with E-state index in [-0.39, 0.29) is 0 Å². The molecule has 0 spiro atoms. The Morgan fingerprint density at radius 2 is 1.90 bits per heavy atom. The lowest BCUT2D eigenvalue weighted by atomic mass is 10.2. The second-order valence-electron chi connectivity index (χ2n) is 4.07. The highest BCUT2D eigenvalue weighted by Crippen LogP contribution is 2.15. The van der Waals surface area contributed by atoms with E-state index in [0.717, 1.165) is 17.0 Å². The maximum atomic E-state index is 5.82. The number of hydrogen-bond donors (Lipinski definition) is 2. The van der Waals surface area contributed by atoms with Gasteiger partial charge in [-0.3, -0.25) is 5.43 Å². The third kappa shape index (κ3) is 4.73. The van der Waals surface area contributed by atoms with Crippen LogP contribution in [0.4, 0.5) is 5.69 Å². The second kappa shape index (κ2) is 7.61. The normalized spacial score (nSPS) is 10.4. The first-order chi connectivity index (χ1) is 10.2. The molecule has 2 aromatic rings. The van der Waals surface area contributed by atoms with E-state index >= 15 is 0 Å². The molecular formula is C15H14ClN3OS. The topological polar surface area (TPSA) is 45.6 Å². The van der Waals surface area contributed by atoms with Crippen molar-refractivity contribution in [3.63, 3.8) is 0 Å². The standard InChI is InChI=1S/C15H14ClN3OS/c1-20-14-5-3-2-4-11(14)10-17-19-15(21)18-13-8-6-12(16)7-9-13/h2-10H,1H3,(H2,18,19,21). The van der Waals surface area contributed by atoms with Crippen molar-refractivity contribution in [1.82, 2.24) is 5.43 Å². The number of benzene rings is 2. The minimum absolute atomic E-state index is 0.392. The summed E-state index contributed by atoms with van der Waals surface area (Å²) < 4.78 is 5.23. The summed E-state index contributed by atoms with van der Waals surface area (Å²) in [5.74, 6) is 0.750. The number of nitrogens with zero attached hydrogens (tertiary/aromatic N) is 1. The number of nitrogens with one attached hydrogen (secondary N) is 2. The zero-order chi connectivity index (χ0) is 15.1. The van der Waals surface area contributed by atoms with E-state index in [4.69, 9.17) is 28.6 Å². The third-order valence-electron chi connectivity index (χ3n) is 2.61. The number of rotatable bonds is 4. The number of halogens is 1. The van der Waals surface area contributed by atoms with Gasteiger partial charge in [0.2, 0.25) is 0 Å². The number of methoxy groups -OCH3 is 1. The summed E-state index contributed by atoms with van der Waals surface area (Å²) in [7, 11) is 1.62. The molecule has 0 radical (unpaired) electrons. The highest BCUT2D eigenvalue weighted by molar-refractivity contribution is 7.80. The second-order valence-corrected chi connectivity index (χ2v) is 4.92. The minimum atomic E-state index is 0.392. The largest absolute Gasteiger partial charge is 0.496 e. The maximum Gasteiger partial charge on any atom is 0.191 e. The Balaban J connectivity index is 1.91. The summed E-state index contributed by atoms with van der Waals surface area (Å²) in [5.41, 5.74) is 4.45. The molecule has 0 aliphatic heterocycles. The van der Waals surface area contributed by atoms with Gasteiger partial charge in [0.25, 0.3) is 0 Å². The van der Waals surface area contributed by atoms with Gasteiger partial charge in [0, 0.05) is 16.3 Å². The van der Waals surface area contributed by atoms with Gasteiger partial charge in [-0.25, -0.2) is 0 Å². The number of anilines is 1. The fraction of sp³-hybridized carbons (Fsp3) is 0.0667. The molecule has 0 saturated heterocycles. The Morgan fingerprint density at radius 3 is 2.62 bits per heavy atom. The highest BCUT2D eigenvalue weighted by atomic mass is 35.5. The van der Waals surface area contributed by atoms with Gasteiger partial charge < -0.3 is 10.1 Å². The molecule has 0 saturated carbocycles. The van der Waals surface area contributed by atoms with E-state index in [1.165, 1.54) is 0 Å². The summed E-state index contributed by atoms with van der Waals surface area (Å²) in [6.07, 6.45) is 1.65. The lowest BCUT2D eigenvalue weighted by molar-refractivity contribution is 0.414. The van der Waals surface area contributed by atoms with Crippen molar-refractivity contribution in [3.8, 4) is 5.75 Å². The zero-order valence-electron chi connectivity index (χ0n) is 11.3. The number of para-hydroxylation sites is 1. The number of hydrazone groups is 1. The maximum absolute atomic E-state index is 5.82. The number of hydrogen-bond acceptors (Lipinski definition) is 3. The van der Waals surface area contributed by atoms with Crippen LogP contribution in [0.15, 0.2) is 53.6 Å². The van der Waals surface area contributed by atoms with Gasteiger partial charge in [0.15, 0.2) is 5.11 Å². The summed E-state index contributed by atoms with van der Waals surface area (Å²) in [4.78, 5) is 0. The number of ether oxygens (including phenoxy) is 1. The van der Waals surface area contributed by atoms with Crippen LogP contribution < -0.4 is 15.5 Å². The molecule has 0 atom stereocenters. The molecule has 6 heteroatoms. The van der Waals surface area contributed by atoms with E-state index in [0.29, 0.717) is 10.1 Å². The predicted molar refractivity (Wildman–Crippen MR) is 91.4 cm³/mol. The smallest absolute Gasteiger partial charge is 0.191 e. The SMILES string of the molecule is COc1ccccc1C=NNC(=S)Nc1ccc(Cl)cc1. The molecule has 4 nitrogen and oxygen atoms in total. The van der Waals surface area contributed by atoms with Gasteiger partial charge in [-0.2, -0.15) is 5.10 Å². The quantitative estimate of drug-likeness (QED) is 0.513. The Bertz CT molecular complexity index is 644. The average Bonchev–Trinajstić information content (AvgIpc) is 2.50. The van der Waals surface area contributed by atoms with Crippen molar-refractivity contribution < 1.29 is 4.74 Å². The van der Waals surface area contributed by atoms with Gasteiger partial charge in [0.05, 0.1) is 13.3 Å². The van der Waals surface area contributed by atoms with Crippen LogP contribution in [0, 0.1) is 0 Å². The highest BCUT2D eigenvalue weighted by Gasteiger charge is 1.98. The van der Waals surface area contributed by atoms with Crippen LogP contribution in [-0.4, -0.2) is 18.4 Å². The van der Waals surface area contributed by atoms with Crippen LogP contribution in [0.5, 0.6) is 5.75 Å². The summed E-state index contributed by atoms with van der Waals surface area (Å²) in [6.45, 7) is 0. The molecule has 0 bridgehead atoms. The van der Waals surface area contributed by atoms with Crippen molar-refractivity contribution in [2.24, 2.45) is 5.10 Å². The van der Waals surface area contributed by atoms with Crippen LogP contribution in [0.3, 0.4) is 0 Å². The molecule has 0 fully saturated rings. The summed E-state index contributed by atoms with van der Waals surface area (Å²) in [6, 6.07) is 14.8. The predicted octanol–water partition coefficient (Wildman–Crippen LogP) is 3.67. The molecule has 21 heavy (non-hydrogen) atoms. The molecule has 0 aliphatic rings. The van der Waals surface area contributed by atoms with Gasteiger partial charge in [0.1, 0.15) is 5.75 Å². The van der Waals surface area contributed by atoms with Crippen molar-refractivity contribution in [1.29, 1.82) is 0 Å². The first-order valence-electron chi connectivity index (χ1n) is 6.17. The van der Waals surface area contributed by atoms with Crippen molar-refractivity contribution >= 4 is 40.8 Å². The molecule has 0 aliphatic carbocycles. The Labute approximate surface area is 133 Å². The first-order valence-corrected chi connectivity index (χ1v) is 6.96. The van der Waals surface area contributed by atoms with E-state index in [1.54, 1.807) is 25.5 Å². The summed E-state index contributed by atoms with van der Waals surface area (Å²) in [5, 5.41) is 8.15. The Morgan fingerprint density at radius 1 is 1.19 bits per heavy atom. The van der Waals surface area contributed by atoms with Gasteiger partial charge in [-0.15, -0.1) is 0 Å². The van der Waals surface area contributed by atoms with Gasteiger partial charge in [-0.05, 0) is 48.6 Å². The first kappa shape index (κ1) is 15.3. The average molecular weight is 320 g/mol. The lowest BCUT2D eigenvalue weighted by Gasteiger charge is -2.07. The van der Waals surface area contributed by atoms with Crippen molar-refractivity contribution in [2.45, 2.75) is 0 Å². The van der Waals surface area contributed by atoms with Crippen LogP contribution in [0.25, 0.3) is 0 Å². The van der Waals surface area contributed by atoms with Gasteiger partial charge in [-0.1, -0.05) is 23.7 Å². The third-order valence-corrected chi connectivity index (χ3v) is 3.06. The van der Waals surface area contributed by atoms with Crippen molar-refractivity contribution in [3.05, 3.63) is 59.1 Å². The molecule has 0 aromatic heterocycles. The fourth-order valence-corrected chi connectivity index (χ4v) is 1.92. The Kier molecular flexibility index (Phi) is 5.54. The molecular weight excluding hydrogens is 306 g/mol. The molecule has 108 valence electrons. The zero-order valence-corrected chi connectivity index (χ0v) is 12.9. The van der Waals surface area contributed by atoms with Crippen LogP contribution >= 0.6 is 23.8 Å². The monoisotopic (exact) mass is 319 g/mol. The van der Waals surface area contributed by atoms with Crippen LogP contribution in [0.2, 0.25) is 5.02 Å². The van der Waals surface area contributed by atoms with Gasteiger partial charge >= 0.3 is 0 Å². The fourth-order valence-electron chi connectivity index (χ4n) is 1.63. The molecule has 2 aromatic carbocycles. The molecule has 0 heterocycles. The molecule has 0 unspecified atom stereocenters. The van der Waals surface area contributed by atoms with Crippen molar-refractivity contribution in [2.75, 3.05) is 12.4 Å². The van der Waals surface area contributed by atoms with Crippen LogP contribution in [0.1, 0.15) is 5.56 Å². The molecule has 0 amide bonds. The molecule has 2 N–H and O–H groups in total. The molecule has 2 rings (SSSR count). The minimum Gasteiger partial charge on any atom is -0.496 e. The lowest BCUT2D eigenvalue weighted by Crippen LogP contribution is -2.23. The number of thiocarbonyl (C=S) groups is 1. The van der Waals surface area contributed by atoms with E-state index < -0.39 is 0 Å². The summed E-state index contributed by atoms with van der Waals surface area (Å²) >= 11 is 11.0. The Hall–Kier alpha value is -2.11. The van der Waals surface area contributed by atoms with E-state index in [2.05, 4.69) is 15.8 Å². The van der Waals surface area contributed by atoms with E-state index in [9.17, 15) is 0 Å². The van der Waals surface area contributed by atoms with Crippen LogP contribution in [-0.2, 0) is 0 Å². The van der Waals surface area contributed by atoms with E-state index in [1.807, 2.05) is 36.4 Å².